The van der Waals surface area contributed by atoms with E-state index in [1.807, 2.05) is 12.1 Å². The zero-order valence-corrected chi connectivity index (χ0v) is 16.5. The third kappa shape index (κ3) is 6.50. The first-order valence-electron chi connectivity index (χ1n) is 9.15. The number of hydrogen-bond acceptors (Lipinski definition) is 4. The second-order valence-electron chi connectivity index (χ2n) is 6.27. The predicted octanol–water partition coefficient (Wildman–Crippen LogP) is 3.80. The second kappa shape index (κ2) is 10.5. The first-order chi connectivity index (χ1) is 14.1. The van der Waals surface area contributed by atoms with Crippen LogP contribution in [0.5, 0.6) is 0 Å². The molecule has 0 aliphatic carbocycles. The van der Waals surface area contributed by atoms with Crippen molar-refractivity contribution in [1.29, 1.82) is 0 Å². The Morgan fingerprint density at radius 1 is 0.966 bits per heavy atom. The first kappa shape index (κ1) is 20.7. The Morgan fingerprint density at radius 2 is 1.76 bits per heavy atom. The van der Waals surface area contributed by atoms with Crippen LogP contribution in [-0.4, -0.2) is 24.1 Å². The molecule has 0 spiro atoms. The Hall–Kier alpha value is -3.06. The molecule has 0 radical (unpaired) electrons. The summed E-state index contributed by atoms with van der Waals surface area (Å²) in [5.41, 5.74) is 1.47. The van der Waals surface area contributed by atoms with E-state index in [1.165, 1.54) is 23.9 Å². The molecule has 1 aromatic heterocycles. The highest BCUT2D eigenvalue weighted by Gasteiger charge is 2.12. The lowest BCUT2D eigenvalue weighted by molar-refractivity contribution is -0.118. The summed E-state index contributed by atoms with van der Waals surface area (Å²) >= 11 is 1.31. The van der Waals surface area contributed by atoms with Gasteiger partial charge in [-0.05, 0) is 48.4 Å². The van der Waals surface area contributed by atoms with Gasteiger partial charge in [-0.1, -0.05) is 24.3 Å². The molecule has 3 rings (SSSR count). The maximum atomic E-state index is 12.9. The number of hydrogen-bond donors (Lipinski definition) is 2. The van der Waals surface area contributed by atoms with Gasteiger partial charge in [-0.2, -0.15) is 0 Å². The summed E-state index contributed by atoms with van der Waals surface area (Å²) in [7, 11) is 0. The molecule has 29 heavy (non-hydrogen) atoms. The van der Waals surface area contributed by atoms with Crippen LogP contribution in [0.3, 0.4) is 0 Å². The van der Waals surface area contributed by atoms with Crippen molar-refractivity contribution in [2.75, 3.05) is 12.3 Å². The summed E-state index contributed by atoms with van der Waals surface area (Å²) < 4.78 is 18.1. The van der Waals surface area contributed by atoms with Gasteiger partial charge in [0.1, 0.15) is 11.6 Å². The average molecular weight is 412 g/mol. The third-order valence-electron chi connectivity index (χ3n) is 4.14. The molecule has 5 nitrogen and oxygen atoms in total. The van der Waals surface area contributed by atoms with Crippen molar-refractivity contribution in [3.8, 4) is 0 Å². The minimum absolute atomic E-state index is 0.141. The van der Waals surface area contributed by atoms with Gasteiger partial charge < -0.3 is 15.1 Å². The van der Waals surface area contributed by atoms with Gasteiger partial charge in [0, 0.05) is 11.4 Å². The molecule has 2 aromatic carbocycles. The number of halogens is 1. The third-order valence-corrected chi connectivity index (χ3v) is 5.22. The van der Waals surface area contributed by atoms with Crippen molar-refractivity contribution in [3.05, 3.63) is 89.6 Å². The van der Waals surface area contributed by atoms with Crippen molar-refractivity contribution >= 4 is 23.6 Å². The monoisotopic (exact) mass is 412 g/mol. The number of carbonyl (C=O) groups excluding carboxylic acids is 2. The van der Waals surface area contributed by atoms with E-state index in [0.29, 0.717) is 30.8 Å². The average Bonchev–Trinajstić information content (AvgIpc) is 3.26. The van der Waals surface area contributed by atoms with Crippen LogP contribution in [0.2, 0.25) is 0 Å². The minimum atomic E-state index is -0.281. The predicted molar refractivity (Wildman–Crippen MR) is 110 cm³/mol. The molecule has 0 aliphatic heterocycles. The molecule has 0 aliphatic rings. The van der Waals surface area contributed by atoms with E-state index in [4.69, 9.17) is 4.42 Å². The summed E-state index contributed by atoms with van der Waals surface area (Å²) in [6.45, 7) is 0.769. The SMILES string of the molecule is O=C(CSc1ccccc1C(=O)NCCc1ccc(F)cc1)NCc1ccco1. The summed E-state index contributed by atoms with van der Waals surface area (Å²) in [5.74, 6) is 0.256. The summed E-state index contributed by atoms with van der Waals surface area (Å²) in [6.07, 6.45) is 2.16. The molecule has 2 amide bonds. The molecule has 0 saturated carbocycles. The van der Waals surface area contributed by atoms with Crippen LogP contribution in [-0.2, 0) is 17.8 Å². The topological polar surface area (TPSA) is 71.3 Å². The van der Waals surface area contributed by atoms with Crippen molar-refractivity contribution in [2.45, 2.75) is 17.9 Å². The Balaban J connectivity index is 1.48. The van der Waals surface area contributed by atoms with Crippen LogP contribution in [0.15, 0.2) is 76.2 Å². The fraction of sp³-hybridized carbons (Fsp3) is 0.182. The van der Waals surface area contributed by atoms with Crippen LogP contribution in [0.25, 0.3) is 0 Å². The van der Waals surface area contributed by atoms with Crippen LogP contribution >= 0.6 is 11.8 Å². The van der Waals surface area contributed by atoms with Crippen LogP contribution in [0, 0.1) is 5.82 Å². The van der Waals surface area contributed by atoms with Crippen molar-refractivity contribution < 1.29 is 18.4 Å². The number of rotatable bonds is 9. The molecule has 7 heteroatoms. The van der Waals surface area contributed by atoms with Gasteiger partial charge in [0.15, 0.2) is 0 Å². The zero-order valence-electron chi connectivity index (χ0n) is 15.7. The molecule has 0 unspecified atom stereocenters. The maximum Gasteiger partial charge on any atom is 0.252 e. The Morgan fingerprint density at radius 3 is 2.52 bits per heavy atom. The summed E-state index contributed by atoms with van der Waals surface area (Å²) in [6, 6.07) is 16.9. The van der Waals surface area contributed by atoms with Gasteiger partial charge in [0.05, 0.1) is 24.1 Å². The summed E-state index contributed by atoms with van der Waals surface area (Å²) in [4.78, 5) is 25.3. The standard InChI is InChI=1S/C22H21FN2O3S/c23-17-9-7-16(8-10-17)11-12-24-22(27)19-5-1-2-6-20(19)29-15-21(26)25-14-18-4-3-13-28-18/h1-10,13H,11-12,14-15H2,(H,24,27)(H,25,26). The number of carbonyl (C=O) groups is 2. The lowest BCUT2D eigenvalue weighted by Crippen LogP contribution is -2.27. The molecule has 150 valence electrons. The Labute approximate surface area is 172 Å². The second-order valence-corrected chi connectivity index (χ2v) is 7.29. The van der Waals surface area contributed by atoms with Crippen LogP contribution in [0.1, 0.15) is 21.7 Å². The molecule has 2 N–H and O–H groups in total. The number of furan rings is 1. The minimum Gasteiger partial charge on any atom is -0.467 e. The van der Waals surface area contributed by atoms with E-state index in [2.05, 4.69) is 10.6 Å². The van der Waals surface area contributed by atoms with Gasteiger partial charge in [0.2, 0.25) is 5.91 Å². The van der Waals surface area contributed by atoms with Gasteiger partial charge >= 0.3 is 0 Å². The van der Waals surface area contributed by atoms with Gasteiger partial charge in [0.25, 0.3) is 5.91 Å². The Kier molecular flexibility index (Phi) is 7.47. The van der Waals surface area contributed by atoms with E-state index in [9.17, 15) is 14.0 Å². The highest BCUT2D eigenvalue weighted by atomic mass is 32.2. The number of amides is 2. The quantitative estimate of drug-likeness (QED) is 0.525. The zero-order chi connectivity index (χ0) is 20.5. The van der Waals surface area contributed by atoms with E-state index >= 15 is 0 Å². The van der Waals surface area contributed by atoms with Crippen molar-refractivity contribution in [1.82, 2.24) is 10.6 Å². The van der Waals surface area contributed by atoms with Crippen molar-refractivity contribution in [2.24, 2.45) is 0 Å². The molecular weight excluding hydrogens is 391 g/mol. The highest BCUT2D eigenvalue weighted by Crippen LogP contribution is 2.22. The summed E-state index contributed by atoms with van der Waals surface area (Å²) in [5, 5.41) is 5.65. The smallest absolute Gasteiger partial charge is 0.252 e. The number of thioether (sulfide) groups is 1. The number of benzene rings is 2. The first-order valence-corrected chi connectivity index (χ1v) is 10.1. The number of nitrogens with one attached hydrogen (secondary N) is 2. The van der Waals surface area contributed by atoms with Crippen molar-refractivity contribution in [3.63, 3.8) is 0 Å². The lowest BCUT2D eigenvalue weighted by Gasteiger charge is -2.10. The molecular formula is C22H21FN2O3S. The molecule has 1 heterocycles. The maximum absolute atomic E-state index is 12.9. The van der Waals surface area contributed by atoms with Crippen LogP contribution in [0.4, 0.5) is 4.39 Å². The molecule has 3 aromatic rings. The van der Waals surface area contributed by atoms with E-state index in [1.54, 1.807) is 42.7 Å². The van der Waals surface area contributed by atoms with E-state index in [0.717, 1.165) is 10.5 Å². The lowest BCUT2D eigenvalue weighted by atomic mass is 10.1. The van der Waals surface area contributed by atoms with Gasteiger partial charge in [-0.3, -0.25) is 9.59 Å². The van der Waals surface area contributed by atoms with Gasteiger partial charge in [-0.15, -0.1) is 11.8 Å². The molecule has 0 saturated heterocycles. The largest absolute Gasteiger partial charge is 0.467 e. The van der Waals surface area contributed by atoms with Crippen LogP contribution < -0.4 is 10.6 Å². The molecule has 0 bridgehead atoms. The van der Waals surface area contributed by atoms with E-state index in [-0.39, 0.29) is 23.4 Å². The van der Waals surface area contributed by atoms with E-state index < -0.39 is 0 Å². The molecule has 0 fully saturated rings. The normalized spacial score (nSPS) is 10.5. The fourth-order valence-electron chi connectivity index (χ4n) is 2.64. The Bertz CT molecular complexity index is 943. The highest BCUT2D eigenvalue weighted by molar-refractivity contribution is 8.00. The fourth-order valence-corrected chi connectivity index (χ4v) is 3.52. The molecule has 0 atom stereocenters. The van der Waals surface area contributed by atoms with Gasteiger partial charge in [-0.25, -0.2) is 4.39 Å².